The first-order valence-electron chi connectivity index (χ1n) is 14.3. The highest BCUT2D eigenvalue weighted by molar-refractivity contribution is 5.20. The second kappa shape index (κ2) is 7.68. The quantitative estimate of drug-likeness (QED) is 0.477. The largest absolute Gasteiger partial charge is 0.393 e. The Morgan fingerprint density at radius 3 is 2.12 bits per heavy atom. The number of hydrogen-bond acceptors (Lipinski definition) is 4. The van der Waals surface area contributed by atoms with Crippen molar-refractivity contribution in [3.8, 4) is 0 Å². The van der Waals surface area contributed by atoms with Gasteiger partial charge in [0.15, 0.2) is 0 Å². The lowest BCUT2D eigenvalue weighted by Crippen LogP contribution is -2.67. The van der Waals surface area contributed by atoms with E-state index in [1.807, 2.05) is 0 Å². The van der Waals surface area contributed by atoms with Gasteiger partial charge in [-0.2, -0.15) is 0 Å². The topological polar surface area (TPSA) is 69.9 Å². The van der Waals surface area contributed by atoms with Gasteiger partial charge in [0.05, 0.1) is 30.0 Å². The molecule has 4 aliphatic carbocycles. The van der Waals surface area contributed by atoms with Gasteiger partial charge in [-0.3, -0.25) is 0 Å². The van der Waals surface area contributed by atoms with Crippen molar-refractivity contribution in [1.82, 2.24) is 0 Å². The van der Waals surface area contributed by atoms with Gasteiger partial charge in [-0.25, -0.2) is 0 Å². The van der Waals surface area contributed by atoms with E-state index in [1.54, 1.807) is 0 Å². The predicted octanol–water partition coefficient (Wildman–Crippen LogP) is 5.71. The molecule has 1 unspecified atom stereocenters. The zero-order valence-electron chi connectivity index (χ0n) is 23.0. The van der Waals surface area contributed by atoms with E-state index < -0.39 is 5.60 Å². The Hall–Kier alpha value is -0.160. The Labute approximate surface area is 208 Å². The Kier molecular flexibility index (Phi) is 5.76. The maximum Gasteiger partial charge on any atom is 0.0891 e. The lowest BCUT2D eigenvalue weighted by Gasteiger charge is -2.70. The van der Waals surface area contributed by atoms with Gasteiger partial charge >= 0.3 is 0 Å². The molecular formula is C30H52O4. The van der Waals surface area contributed by atoms with E-state index in [2.05, 4.69) is 48.5 Å². The van der Waals surface area contributed by atoms with Crippen LogP contribution in [0.15, 0.2) is 0 Å². The van der Waals surface area contributed by atoms with Crippen molar-refractivity contribution in [2.24, 2.45) is 45.3 Å². The molecule has 0 radical (unpaired) electrons. The fourth-order valence-corrected chi connectivity index (χ4v) is 11.3. The number of aliphatic hydroxyl groups is 3. The highest BCUT2D eigenvalue weighted by atomic mass is 16.5. The second-order valence-electron chi connectivity index (χ2n) is 15.2. The Bertz CT molecular complexity index is 812. The SMILES string of the molecule is CC1(CO)CCC[C@](C)([C@H]2CC[C@]3(C)[C@@H]2[C@H](O)C[C@@H]2[C@@]4(C)CC[C@H](O)C(C)(C)[C@@H]4CC[C@]23C)O1. The van der Waals surface area contributed by atoms with Crippen LogP contribution in [0, 0.1) is 45.3 Å². The van der Waals surface area contributed by atoms with Crippen molar-refractivity contribution in [2.75, 3.05) is 6.61 Å². The molecule has 4 saturated carbocycles. The lowest BCUT2D eigenvalue weighted by atomic mass is 9.35. The van der Waals surface area contributed by atoms with Crippen molar-refractivity contribution in [1.29, 1.82) is 0 Å². The molecule has 4 nitrogen and oxygen atoms in total. The average Bonchev–Trinajstić information content (AvgIpc) is 3.14. The Balaban J connectivity index is 1.50. The van der Waals surface area contributed by atoms with E-state index in [0.717, 1.165) is 51.4 Å². The summed E-state index contributed by atoms with van der Waals surface area (Å²) in [5.41, 5.74) is -0.344. The van der Waals surface area contributed by atoms with Gasteiger partial charge < -0.3 is 20.1 Å². The maximum atomic E-state index is 11.9. The summed E-state index contributed by atoms with van der Waals surface area (Å²) in [6, 6.07) is 0. The number of hydrogen-bond donors (Lipinski definition) is 3. The second-order valence-corrected chi connectivity index (χ2v) is 15.2. The number of aliphatic hydroxyl groups excluding tert-OH is 3. The zero-order chi connectivity index (χ0) is 24.9. The zero-order valence-corrected chi connectivity index (χ0v) is 23.0. The van der Waals surface area contributed by atoms with Crippen LogP contribution in [0.2, 0.25) is 0 Å². The van der Waals surface area contributed by atoms with Crippen LogP contribution in [0.5, 0.6) is 0 Å². The molecule has 0 amide bonds. The molecule has 0 aromatic rings. The molecule has 0 aromatic carbocycles. The van der Waals surface area contributed by atoms with Crippen LogP contribution in [0.4, 0.5) is 0 Å². The number of rotatable bonds is 2. The molecular weight excluding hydrogens is 424 g/mol. The van der Waals surface area contributed by atoms with E-state index in [0.29, 0.717) is 17.8 Å². The smallest absolute Gasteiger partial charge is 0.0891 e. The molecule has 5 rings (SSSR count). The van der Waals surface area contributed by atoms with E-state index in [1.165, 1.54) is 12.8 Å². The van der Waals surface area contributed by atoms with Gasteiger partial charge in [0, 0.05) is 0 Å². The van der Waals surface area contributed by atoms with Crippen LogP contribution in [0.3, 0.4) is 0 Å². The Morgan fingerprint density at radius 2 is 1.44 bits per heavy atom. The third-order valence-electron chi connectivity index (χ3n) is 13.3. The van der Waals surface area contributed by atoms with Crippen LogP contribution in [-0.4, -0.2) is 45.3 Å². The summed E-state index contributed by atoms with van der Waals surface area (Å²) < 4.78 is 6.76. The van der Waals surface area contributed by atoms with Crippen molar-refractivity contribution in [3.63, 3.8) is 0 Å². The van der Waals surface area contributed by atoms with Crippen molar-refractivity contribution in [3.05, 3.63) is 0 Å². The van der Waals surface area contributed by atoms with Gasteiger partial charge in [-0.15, -0.1) is 0 Å². The first-order valence-corrected chi connectivity index (χ1v) is 14.3. The van der Waals surface area contributed by atoms with E-state index in [9.17, 15) is 15.3 Å². The number of ether oxygens (including phenoxy) is 1. The highest BCUT2D eigenvalue weighted by Gasteiger charge is 2.71. The lowest BCUT2D eigenvalue weighted by molar-refractivity contribution is -0.261. The fourth-order valence-electron chi connectivity index (χ4n) is 11.3. The predicted molar refractivity (Wildman–Crippen MR) is 135 cm³/mol. The van der Waals surface area contributed by atoms with Crippen LogP contribution in [0.25, 0.3) is 0 Å². The molecule has 4 heteroatoms. The van der Waals surface area contributed by atoms with Gasteiger partial charge in [0.2, 0.25) is 0 Å². The molecule has 1 heterocycles. The summed E-state index contributed by atoms with van der Waals surface area (Å²) in [6.07, 6.45) is 10.0. The van der Waals surface area contributed by atoms with Crippen LogP contribution >= 0.6 is 0 Å². The van der Waals surface area contributed by atoms with E-state index in [4.69, 9.17) is 4.74 Å². The van der Waals surface area contributed by atoms with Crippen molar-refractivity contribution in [2.45, 2.75) is 136 Å². The first-order chi connectivity index (χ1) is 15.7. The highest BCUT2D eigenvalue weighted by Crippen LogP contribution is 2.76. The minimum absolute atomic E-state index is 0.0621. The Morgan fingerprint density at radius 1 is 0.765 bits per heavy atom. The summed E-state index contributed by atoms with van der Waals surface area (Å²) in [4.78, 5) is 0. The van der Waals surface area contributed by atoms with Crippen LogP contribution < -0.4 is 0 Å². The first kappa shape index (κ1) is 25.5. The molecule has 196 valence electrons. The van der Waals surface area contributed by atoms with E-state index >= 15 is 0 Å². The van der Waals surface area contributed by atoms with Gasteiger partial charge in [-0.05, 0) is 123 Å². The molecule has 1 aliphatic heterocycles. The minimum atomic E-state index is -0.460. The molecule has 5 aliphatic rings. The standard InChI is InChI=1S/C30H52O4/c1-25(2)21-10-16-28(5)22(27(21,4)14-11-23(25)33)17-20(32)24-19(9-15-29(24,28)6)30(7)13-8-12-26(3,18-31)34-30/h19-24,31-33H,8-18H2,1-7H3/t19-,20+,21-,22+,23-,24-,26?,27-,28+,29+,30+/m0/s1. The third-order valence-corrected chi connectivity index (χ3v) is 13.3. The molecule has 3 N–H and O–H groups in total. The van der Waals surface area contributed by atoms with Gasteiger partial charge in [0.25, 0.3) is 0 Å². The summed E-state index contributed by atoms with van der Waals surface area (Å²) in [7, 11) is 0. The third kappa shape index (κ3) is 3.16. The summed E-state index contributed by atoms with van der Waals surface area (Å²) in [6.45, 7) is 16.6. The van der Waals surface area contributed by atoms with Crippen LogP contribution in [-0.2, 0) is 4.74 Å². The molecule has 11 atom stereocenters. The van der Waals surface area contributed by atoms with Gasteiger partial charge in [0.1, 0.15) is 0 Å². The average molecular weight is 477 g/mol. The summed E-state index contributed by atoms with van der Waals surface area (Å²) in [5, 5.41) is 32.9. The minimum Gasteiger partial charge on any atom is -0.393 e. The fraction of sp³-hybridized carbons (Fsp3) is 1.00. The van der Waals surface area contributed by atoms with Crippen molar-refractivity contribution >= 4 is 0 Å². The summed E-state index contributed by atoms with van der Waals surface area (Å²) in [5.74, 6) is 1.59. The molecule has 0 aromatic heterocycles. The maximum absolute atomic E-state index is 11.9. The molecule has 0 spiro atoms. The summed E-state index contributed by atoms with van der Waals surface area (Å²) >= 11 is 0. The molecule has 1 saturated heterocycles. The normalized spacial score (nSPS) is 59.1. The van der Waals surface area contributed by atoms with Gasteiger partial charge in [-0.1, -0.05) is 34.6 Å². The molecule has 0 bridgehead atoms. The number of fused-ring (bicyclic) bond motifs is 5. The molecule has 34 heavy (non-hydrogen) atoms. The van der Waals surface area contributed by atoms with Crippen LogP contribution in [0.1, 0.15) is 113 Å². The monoisotopic (exact) mass is 476 g/mol. The molecule has 5 fully saturated rings. The van der Waals surface area contributed by atoms with E-state index in [-0.39, 0.29) is 52.0 Å². The van der Waals surface area contributed by atoms with Crippen molar-refractivity contribution < 1.29 is 20.1 Å².